The van der Waals surface area contributed by atoms with Gasteiger partial charge in [0.05, 0.1) is 11.6 Å². The topological polar surface area (TPSA) is 73.4 Å². The monoisotopic (exact) mass is 410 g/mol. The molecule has 1 fully saturated rings. The normalized spacial score (nSPS) is 15.5. The van der Waals surface area contributed by atoms with Crippen molar-refractivity contribution in [1.29, 1.82) is 0 Å². The highest BCUT2D eigenvalue weighted by Crippen LogP contribution is 2.32. The van der Waals surface area contributed by atoms with Gasteiger partial charge in [-0.15, -0.1) is 0 Å². The summed E-state index contributed by atoms with van der Waals surface area (Å²) in [5, 5.41) is 5.73. The Labute approximate surface area is 175 Å². The number of nitrogen functional groups attached to an aromatic ring is 1. The first-order valence-electron chi connectivity index (χ1n) is 10.2. The number of benzene rings is 2. The van der Waals surface area contributed by atoms with Gasteiger partial charge in [-0.2, -0.15) is 5.10 Å². The number of anilines is 1. The molecule has 158 valence electrons. The Morgan fingerprint density at radius 3 is 2.47 bits per heavy atom. The maximum absolute atomic E-state index is 13.2. The predicted octanol–water partition coefficient (Wildman–Crippen LogP) is 5.00. The molecule has 0 spiro atoms. The van der Waals surface area contributed by atoms with Gasteiger partial charge in [0, 0.05) is 35.9 Å². The molecule has 0 radical (unpaired) electrons. The first kappa shape index (κ1) is 20.2. The molecule has 2 heterocycles. The fourth-order valence-corrected chi connectivity index (χ4v) is 3.81. The summed E-state index contributed by atoms with van der Waals surface area (Å²) in [6.45, 7) is 6.90. The van der Waals surface area contributed by atoms with Crippen molar-refractivity contribution in [1.82, 2.24) is 14.7 Å². The number of nitrogens with zero attached hydrogens (tertiary/aromatic N) is 3. The SMILES string of the molecule is CC(C)(C)OC(=O)N1CCC(n2cc3cc(N)c(-c4ccc(F)cc4)cc3n2)CC1. The zero-order valence-corrected chi connectivity index (χ0v) is 17.6. The van der Waals surface area contributed by atoms with Crippen LogP contribution >= 0.6 is 0 Å². The molecule has 0 saturated carbocycles. The molecule has 1 aliphatic rings. The minimum Gasteiger partial charge on any atom is -0.444 e. The molecule has 0 aliphatic carbocycles. The fraction of sp³-hybridized carbons (Fsp3) is 0.391. The quantitative estimate of drug-likeness (QED) is 0.604. The Hall–Kier alpha value is -3.09. The van der Waals surface area contributed by atoms with Gasteiger partial charge in [-0.1, -0.05) is 12.1 Å². The molecule has 7 heteroatoms. The van der Waals surface area contributed by atoms with Gasteiger partial charge in [0.2, 0.25) is 0 Å². The van der Waals surface area contributed by atoms with Crippen molar-refractivity contribution in [3.63, 3.8) is 0 Å². The lowest BCUT2D eigenvalue weighted by molar-refractivity contribution is 0.0185. The number of likely N-dealkylation sites (tertiary alicyclic amines) is 1. The van der Waals surface area contributed by atoms with Crippen molar-refractivity contribution in [2.75, 3.05) is 18.8 Å². The van der Waals surface area contributed by atoms with Gasteiger partial charge < -0.3 is 15.4 Å². The minimum atomic E-state index is -0.490. The van der Waals surface area contributed by atoms with E-state index in [2.05, 4.69) is 0 Å². The van der Waals surface area contributed by atoms with Crippen molar-refractivity contribution >= 4 is 22.7 Å². The second-order valence-electron chi connectivity index (χ2n) is 8.81. The van der Waals surface area contributed by atoms with E-state index in [-0.39, 0.29) is 18.0 Å². The van der Waals surface area contributed by atoms with Crippen LogP contribution < -0.4 is 5.73 Å². The summed E-state index contributed by atoms with van der Waals surface area (Å²) in [6.07, 6.45) is 3.37. The van der Waals surface area contributed by atoms with Crippen LogP contribution in [0.15, 0.2) is 42.6 Å². The molecule has 1 amide bonds. The number of piperidine rings is 1. The highest BCUT2D eigenvalue weighted by atomic mass is 19.1. The number of carbonyl (C=O) groups is 1. The Morgan fingerprint density at radius 2 is 1.83 bits per heavy atom. The molecule has 1 aliphatic heterocycles. The molecule has 2 aromatic carbocycles. The second-order valence-corrected chi connectivity index (χ2v) is 8.81. The van der Waals surface area contributed by atoms with E-state index < -0.39 is 5.60 Å². The summed E-state index contributed by atoms with van der Waals surface area (Å²) in [6, 6.07) is 10.4. The first-order chi connectivity index (χ1) is 14.2. The van der Waals surface area contributed by atoms with Gasteiger partial charge in [-0.3, -0.25) is 4.68 Å². The van der Waals surface area contributed by atoms with Crippen LogP contribution in [0.1, 0.15) is 39.7 Å². The van der Waals surface area contributed by atoms with Crippen LogP contribution in [0.25, 0.3) is 22.0 Å². The van der Waals surface area contributed by atoms with Crippen LogP contribution in [0.3, 0.4) is 0 Å². The van der Waals surface area contributed by atoms with E-state index >= 15 is 0 Å². The smallest absolute Gasteiger partial charge is 0.410 e. The molecule has 6 nitrogen and oxygen atoms in total. The standard InChI is InChI=1S/C23H27FN4O2/c1-23(2,3)30-22(29)27-10-8-18(9-11-27)28-14-16-12-20(25)19(13-21(16)26-28)15-4-6-17(24)7-5-15/h4-7,12-14,18H,8-11,25H2,1-3H3. The number of rotatable bonds is 2. The second kappa shape index (κ2) is 7.63. The number of carbonyl (C=O) groups excluding carboxylic acids is 1. The summed E-state index contributed by atoms with van der Waals surface area (Å²) in [4.78, 5) is 14.0. The third kappa shape index (κ3) is 4.25. The summed E-state index contributed by atoms with van der Waals surface area (Å²) in [5.41, 5.74) is 8.94. The molecule has 0 bridgehead atoms. The summed E-state index contributed by atoms with van der Waals surface area (Å²) < 4.78 is 20.7. The zero-order valence-electron chi connectivity index (χ0n) is 17.6. The number of fused-ring (bicyclic) bond motifs is 1. The molecule has 4 rings (SSSR count). The lowest BCUT2D eigenvalue weighted by Crippen LogP contribution is -2.42. The van der Waals surface area contributed by atoms with Crippen LogP contribution in [0.2, 0.25) is 0 Å². The molecule has 1 saturated heterocycles. The first-order valence-corrected chi connectivity index (χ1v) is 10.2. The number of hydrogen-bond acceptors (Lipinski definition) is 4. The average molecular weight is 410 g/mol. The summed E-state index contributed by atoms with van der Waals surface area (Å²) in [7, 11) is 0. The number of nitrogens with two attached hydrogens (primary N) is 1. The Bertz CT molecular complexity index is 1060. The molecule has 0 atom stereocenters. The van der Waals surface area contributed by atoms with E-state index in [0.29, 0.717) is 18.8 Å². The van der Waals surface area contributed by atoms with Gasteiger partial charge in [-0.25, -0.2) is 9.18 Å². The van der Waals surface area contributed by atoms with Crippen molar-refractivity contribution in [3.05, 3.63) is 48.4 Å². The largest absolute Gasteiger partial charge is 0.444 e. The molecule has 2 N–H and O–H groups in total. The Balaban J connectivity index is 1.51. The van der Waals surface area contributed by atoms with Crippen LogP contribution in [0.5, 0.6) is 0 Å². The molecule has 0 unspecified atom stereocenters. The van der Waals surface area contributed by atoms with Crippen LogP contribution in [0, 0.1) is 5.82 Å². The fourth-order valence-electron chi connectivity index (χ4n) is 3.81. The highest BCUT2D eigenvalue weighted by molar-refractivity contribution is 5.91. The Morgan fingerprint density at radius 1 is 1.17 bits per heavy atom. The summed E-state index contributed by atoms with van der Waals surface area (Å²) >= 11 is 0. The number of hydrogen-bond donors (Lipinski definition) is 1. The molecular weight excluding hydrogens is 383 g/mol. The van der Waals surface area contributed by atoms with E-state index in [1.54, 1.807) is 17.0 Å². The number of aromatic nitrogens is 2. The van der Waals surface area contributed by atoms with Gasteiger partial charge in [0.1, 0.15) is 11.4 Å². The van der Waals surface area contributed by atoms with E-state index in [0.717, 1.165) is 34.9 Å². The van der Waals surface area contributed by atoms with Crippen molar-refractivity contribution in [2.45, 2.75) is 45.3 Å². The maximum atomic E-state index is 13.2. The van der Waals surface area contributed by atoms with Gasteiger partial charge >= 0.3 is 6.09 Å². The number of amides is 1. The van der Waals surface area contributed by atoms with Crippen LogP contribution in [-0.2, 0) is 4.74 Å². The predicted molar refractivity (Wildman–Crippen MR) is 116 cm³/mol. The number of halogens is 1. The van der Waals surface area contributed by atoms with Crippen molar-refractivity contribution in [3.8, 4) is 11.1 Å². The average Bonchev–Trinajstić information content (AvgIpc) is 3.10. The Kier molecular flexibility index (Phi) is 5.13. The van der Waals surface area contributed by atoms with E-state index in [9.17, 15) is 9.18 Å². The van der Waals surface area contributed by atoms with E-state index in [1.807, 2.05) is 43.8 Å². The zero-order chi connectivity index (χ0) is 21.5. The van der Waals surface area contributed by atoms with Crippen LogP contribution in [-0.4, -0.2) is 39.5 Å². The van der Waals surface area contributed by atoms with Crippen molar-refractivity contribution in [2.24, 2.45) is 0 Å². The molecule has 3 aromatic rings. The molecule has 30 heavy (non-hydrogen) atoms. The van der Waals surface area contributed by atoms with E-state index in [1.165, 1.54) is 12.1 Å². The third-order valence-electron chi connectivity index (χ3n) is 5.34. The van der Waals surface area contributed by atoms with Crippen molar-refractivity contribution < 1.29 is 13.9 Å². The third-order valence-corrected chi connectivity index (χ3v) is 5.34. The maximum Gasteiger partial charge on any atom is 0.410 e. The van der Waals surface area contributed by atoms with Gasteiger partial charge in [-0.05, 0) is 63.4 Å². The molecular formula is C23H27FN4O2. The van der Waals surface area contributed by atoms with E-state index in [4.69, 9.17) is 15.6 Å². The van der Waals surface area contributed by atoms with Crippen LogP contribution in [0.4, 0.5) is 14.9 Å². The highest BCUT2D eigenvalue weighted by Gasteiger charge is 2.28. The van der Waals surface area contributed by atoms with Gasteiger partial charge in [0.15, 0.2) is 0 Å². The lowest BCUT2D eigenvalue weighted by atomic mass is 10.0. The summed E-state index contributed by atoms with van der Waals surface area (Å²) in [5.74, 6) is -0.277. The van der Waals surface area contributed by atoms with Gasteiger partial charge in [0.25, 0.3) is 0 Å². The number of ether oxygens (including phenoxy) is 1. The molecule has 1 aromatic heterocycles. The minimum absolute atomic E-state index is 0.214. The lowest BCUT2D eigenvalue weighted by Gasteiger charge is -2.33.